The molecule has 0 heterocycles. The van der Waals surface area contributed by atoms with Crippen LogP contribution < -0.4 is 4.72 Å². The van der Waals surface area contributed by atoms with E-state index in [-0.39, 0.29) is 22.8 Å². The number of esters is 1. The van der Waals surface area contributed by atoms with Crippen molar-refractivity contribution in [1.29, 1.82) is 0 Å². The molecule has 0 aliphatic heterocycles. The fraction of sp³-hybridized carbons (Fsp3) is 0.133. The molecule has 0 radical (unpaired) electrons. The average molecular weight is 340 g/mol. The Hall–Kier alpha value is -2.05. The van der Waals surface area contributed by atoms with E-state index in [1.165, 1.54) is 36.4 Å². The lowest BCUT2D eigenvalue weighted by Gasteiger charge is -2.12. The van der Waals surface area contributed by atoms with Gasteiger partial charge in [-0.15, -0.1) is 0 Å². The second-order valence-electron chi connectivity index (χ2n) is 4.33. The summed E-state index contributed by atoms with van der Waals surface area (Å²) in [6.07, 6.45) is 0. The Morgan fingerprint density at radius 2 is 1.77 bits per heavy atom. The van der Waals surface area contributed by atoms with Crippen molar-refractivity contribution in [3.05, 3.63) is 59.1 Å². The van der Waals surface area contributed by atoms with Crippen LogP contribution in [0.5, 0.6) is 0 Å². The first-order valence-electron chi connectivity index (χ1n) is 6.48. The van der Waals surface area contributed by atoms with Crippen molar-refractivity contribution in [3.8, 4) is 0 Å². The van der Waals surface area contributed by atoms with Crippen LogP contribution in [0.3, 0.4) is 0 Å². The van der Waals surface area contributed by atoms with Gasteiger partial charge in [0, 0.05) is 5.02 Å². The molecule has 0 spiro atoms. The predicted molar refractivity (Wildman–Crippen MR) is 84.7 cm³/mol. The van der Waals surface area contributed by atoms with Crippen LogP contribution in [0.15, 0.2) is 53.4 Å². The molecule has 2 rings (SSSR count). The minimum absolute atomic E-state index is 0.0514. The molecule has 0 aromatic heterocycles. The molecule has 0 unspecified atom stereocenters. The number of ether oxygens (including phenoxy) is 1. The quantitative estimate of drug-likeness (QED) is 0.848. The smallest absolute Gasteiger partial charge is 0.340 e. The molecule has 0 aliphatic rings. The van der Waals surface area contributed by atoms with Crippen LogP contribution in [0.25, 0.3) is 0 Å². The Labute approximate surface area is 133 Å². The van der Waals surface area contributed by atoms with Crippen LogP contribution in [0.2, 0.25) is 5.02 Å². The fourth-order valence-corrected chi connectivity index (χ4v) is 2.98. The summed E-state index contributed by atoms with van der Waals surface area (Å²) in [6, 6.07) is 12.0. The lowest BCUT2D eigenvalue weighted by atomic mass is 10.2. The maximum Gasteiger partial charge on any atom is 0.340 e. The highest BCUT2D eigenvalue weighted by Gasteiger charge is 2.19. The number of nitrogens with one attached hydrogen (secondary N) is 1. The van der Waals surface area contributed by atoms with Gasteiger partial charge in [0.2, 0.25) is 0 Å². The standard InChI is InChI=1S/C15H14ClNO4S/c1-2-21-15(18)13-5-3-4-6-14(13)17-22(19,20)12-9-7-11(16)8-10-12/h3-10,17H,2H2,1H3. The number of carbonyl (C=O) groups excluding carboxylic acids is 1. The van der Waals surface area contributed by atoms with Crippen LogP contribution >= 0.6 is 11.6 Å². The highest BCUT2D eigenvalue weighted by atomic mass is 35.5. The number of benzene rings is 2. The molecule has 0 fully saturated rings. The number of rotatable bonds is 5. The summed E-state index contributed by atoms with van der Waals surface area (Å²) in [6.45, 7) is 1.88. The highest BCUT2D eigenvalue weighted by molar-refractivity contribution is 7.92. The van der Waals surface area contributed by atoms with Gasteiger partial charge in [-0.1, -0.05) is 23.7 Å². The maximum absolute atomic E-state index is 12.3. The highest BCUT2D eigenvalue weighted by Crippen LogP contribution is 2.22. The molecule has 1 N–H and O–H groups in total. The first-order valence-corrected chi connectivity index (χ1v) is 8.34. The van der Waals surface area contributed by atoms with E-state index < -0.39 is 16.0 Å². The van der Waals surface area contributed by atoms with E-state index in [1.54, 1.807) is 19.1 Å². The number of hydrogen-bond acceptors (Lipinski definition) is 4. The van der Waals surface area contributed by atoms with Crippen molar-refractivity contribution in [2.45, 2.75) is 11.8 Å². The lowest BCUT2D eigenvalue weighted by Crippen LogP contribution is -2.16. The molecule has 0 bridgehead atoms. The molecule has 116 valence electrons. The second kappa shape index (κ2) is 6.81. The number of para-hydroxylation sites is 1. The summed E-state index contributed by atoms with van der Waals surface area (Å²) in [5, 5.41) is 0.436. The van der Waals surface area contributed by atoms with Crippen molar-refractivity contribution in [1.82, 2.24) is 0 Å². The fourth-order valence-electron chi connectivity index (χ4n) is 1.78. The van der Waals surface area contributed by atoms with E-state index in [4.69, 9.17) is 16.3 Å². The normalized spacial score (nSPS) is 11.0. The Bertz CT molecular complexity index is 772. The summed E-state index contributed by atoms with van der Waals surface area (Å²) in [5.74, 6) is -0.586. The van der Waals surface area contributed by atoms with Crippen molar-refractivity contribution >= 4 is 33.3 Å². The van der Waals surface area contributed by atoms with E-state index in [0.717, 1.165) is 0 Å². The van der Waals surface area contributed by atoms with Crippen LogP contribution in [-0.4, -0.2) is 21.0 Å². The van der Waals surface area contributed by atoms with Crippen molar-refractivity contribution < 1.29 is 17.9 Å². The van der Waals surface area contributed by atoms with Crippen molar-refractivity contribution in [3.63, 3.8) is 0 Å². The van der Waals surface area contributed by atoms with Gasteiger partial charge in [-0.25, -0.2) is 13.2 Å². The summed E-state index contributed by atoms with van der Waals surface area (Å²) in [7, 11) is -3.82. The average Bonchev–Trinajstić information content (AvgIpc) is 2.48. The Morgan fingerprint density at radius 1 is 1.14 bits per heavy atom. The van der Waals surface area contributed by atoms with Crippen LogP contribution in [0, 0.1) is 0 Å². The van der Waals surface area contributed by atoms with Gasteiger partial charge < -0.3 is 4.74 Å². The van der Waals surface area contributed by atoms with Gasteiger partial charge in [0.15, 0.2) is 0 Å². The van der Waals surface area contributed by atoms with Gasteiger partial charge in [0.25, 0.3) is 10.0 Å². The van der Waals surface area contributed by atoms with Gasteiger partial charge in [-0.3, -0.25) is 4.72 Å². The first-order chi connectivity index (χ1) is 10.4. The third-order valence-electron chi connectivity index (χ3n) is 2.79. The zero-order chi connectivity index (χ0) is 16.2. The van der Waals surface area contributed by atoms with Crippen LogP contribution in [0.1, 0.15) is 17.3 Å². The minimum atomic E-state index is -3.82. The summed E-state index contributed by atoms with van der Waals surface area (Å²) in [4.78, 5) is 11.9. The van der Waals surface area contributed by atoms with Crippen molar-refractivity contribution in [2.24, 2.45) is 0 Å². The zero-order valence-corrected chi connectivity index (χ0v) is 13.3. The monoisotopic (exact) mass is 339 g/mol. The Morgan fingerprint density at radius 3 is 2.41 bits per heavy atom. The molecule has 0 saturated carbocycles. The molecule has 2 aromatic carbocycles. The summed E-state index contributed by atoms with van der Waals surface area (Å²) >= 11 is 5.75. The number of hydrogen-bond donors (Lipinski definition) is 1. The molecule has 2 aromatic rings. The van der Waals surface area contributed by atoms with Crippen molar-refractivity contribution in [2.75, 3.05) is 11.3 Å². The van der Waals surface area contributed by atoms with Gasteiger partial charge >= 0.3 is 5.97 Å². The maximum atomic E-state index is 12.3. The SMILES string of the molecule is CCOC(=O)c1ccccc1NS(=O)(=O)c1ccc(Cl)cc1. The molecule has 0 atom stereocenters. The Kier molecular flexibility index (Phi) is 5.05. The summed E-state index contributed by atoms with van der Waals surface area (Å²) in [5.41, 5.74) is 0.317. The largest absolute Gasteiger partial charge is 0.462 e. The lowest BCUT2D eigenvalue weighted by molar-refractivity contribution is 0.0527. The van der Waals surface area contributed by atoms with E-state index in [2.05, 4.69) is 4.72 Å². The molecular formula is C15H14ClNO4S. The van der Waals surface area contributed by atoms with Gasteiger partial charge in [-0.05, 0) is 43.3 Å². The molecular weight excluding hydrogens is 326 g/mol. The molecule has 0 amide bonds. The zero-order valence-electron chi connectivity index (χ0n) is 11.7. The second-order valence-corrected chi connectivity index (χ2v) is 6.44. The molecule has 0 saturated heterocycles. The first kappa shape index (κ1) is 16.3. The topological polar surface area (TPSA) is 72.5 Å². The predicted octanol–water partition coefficient (Wildman–Crippen LogP) is 3.32. The van der Waals surface area contributed by atoms with Gasteiger partial charge in [0.05, 0.1) is 22.8 Å². The van der Waals surface area contributed by atoms with E-state index in [0.29, 0.717) is 5.02 Å². The van der Waals surface area contributed by atoms with Crippen LogP contribution in [-0.2, 0) is 14.8 Å². The van der Waals surface area contributed by atoms with E-state index in [1.807, 2.05) is 0 Å². The van der Waals surface area contributed by atoms with Gasteiger partial charge in [-0.2, -0.15) is 0 Å². The summed E-state index contributed by atoms with van der Waals surface area (Å²) < 4.78 is 32.0. The Balaban J connectivity index is 2.34. The molecule has 0 aliphatic carbocycles. The van der Waals surface area contributed by atoms with Crippen LogP contribution in [0.4, 0.5) is 5.69 Å². The van der Waals surface area contributed by atoms with Gasteiger partial charge in [0.1, 0.15) is 0 Å². The number of anilines is 1. The minimum Gasteiger partial charge on any atom is -0.462 e. The number of carbonyl (C=O) groups is 1. The third-order valence-corrected chi connectivity index (χ3v) is 4.42. The molecule has 22 heavy (non-hydrogen) atoms. The number of sulfonamides is 1. The molecule has 5 nitrogen and oxygen atoms in total. The number of halogens is 1. The van der Waals surface area contributed by atoms with E-state index in [9.17, 15) is 13.2 Å². The van der Waals surface area contributed by atoms with E-state index >= 15 is 0 Å². The third kappa shape index (κ3) is 3.78. The molecule has 7 heteroatoms.